The van der Waals surface area contributed by atoms with Gasteiger partial charge in [-0.2, -0.15) is 0 Å². The van der Waals surface area contributed by atoms with Gasteiger partial charge in [-0.25, -0.2) is 9.97 Å². The van der Waals surface area contributed by atoms with Gasteiger partial charge in [0.25, 0.3) is 5.91 Å². The highest BCUT2D eigenvalue weighted by molar-refractivity contribution is 5.93. The van der Waals surface area contributed by atoms with Gasteiger partial charge in [0.15, 0.2) is 0 Å². The monoisotopic (exact) mass is 312 g/mol. The van der Waals surface area contributed by atoms with E-state index in [0.717, 1.165) is 24.4 Å². The first-order valence-corrected chi connectivity index (χ1v) is 7.72. The second-order valence-electron chi connectivity index (χ2n) is 5.68. The second kappa shape index (κ2) is 7.15. The summed E-state index contributed by atoms with van der Waals surface area (Å²) in [5.74, 6) is 1.08. The van der Waals surface area contributed by atoms with E-state index in [1.165, 1.54) is 0 Å². The van der Waals surface area contributed by atoms with Gasteiger partial charge in [0.1, 0.15) is 12.1 Å². The highest BCUT2D eigenvalue weighted by Gasteiger charge is 2.28. The van der Waals surface area contributed by atoms with Crippen molar-refractivity contribution >= 4 is 11.7 Å². The van der Waals surface area contributed by atoms with Gasteiger partial charge in [-0.1, -0.05) is 0 Å². The third kappa shape index (κ3) is 4.01. The van der Waals surface area contributed by atoms with Crippen molar-refractivity contribution in [1.29, 1.82) is 0 Å². The van der Waals surface area contributed by atoms with Crippen molar-refractivity contribution in [3.8, 4) is 0 Å². The average molecular weight is 312 g/mol. The first-order valence-electron chi connectivity index (χ1n) is 7.72. The van der Waals surface area contributed by atoms with Crippen LogP contribution in [-0.4, -0.2) is 40.0 Å². The van der Waals surface area contributed by atoms with Gasteiger partial charge in [-0.3, -0.25) is 9.78 Å². The molecule has 7 nitrogen and oxygen atoms in total. The lowest BCUT2D eigenvalue weighted by molar-refractivity contribution is 0.0955. The van der Waals surface area contributed by atoms with Crippen LogP contribution in [0.25, 0.3) is 0 Å². The second-order valence-corrected chi connectivity index (χ2v) is 5.68. The maximum absolute atomic E-state index is 11.9. The number of carbonyl (C=O) groups is 1. The molecular formula is C16H20N6O. The predicted molar refractivity (Wildman–Crippen MR) is 87.0 cm³/mol. The SMILES string of the molecule is NC1CC(c2cc(NCCNC(=O)c3cccnc3)ncn2)C1. The Kier molecular flexibility index (Phi) is 4.77. The lowest BCUT2D eigenvalue weighted by Crippen LogP contribution is -2.35. The number of amides is 1. The van der Waals surface area contributed by atoms with Crippen molar-refractivity contribution in [2.45, 2.75) is 24.8 Å². The summed E-state index contributed by atoms with van der Waals surface area (Å²) in [6, 6.07) is 5.73. The molecular weight excluding hydrogens is 292 g/mol. The van der Waals surface area contributed by atoms with Gasteiger partial charge in [-0.05, 0) is 25.0 Å². The topological polar surface area (TPSA) is 106 Å². The minimum atomic E-state index is -0.133. The van der Waals surface area contributed by atoms with Crippen LogP contribution >= 0.6 is 0 Å². The molecule has 120 valence electrons. The van der Waals surface area contributed by atoms with Crippen LogP contribution in [0.1, 0.15) is 34.8 Å². The van der Waals surface area contributed by atoms with Gasteiger partial charge in [0, 0.05) is 49.2 Å². The molecule has 0 aliphatic heterocycles. The van der Waals surface area contributed by atoms with Gasteiger partial charge in [0.05, 0.1) is 5.56 Å². The van der Waals surface area contributed by atoms with Crippen LogP contribution in [0.2, 0.25) is 0 Å². The van der Waals surface area contributed by atoms with E-state index in [4.69, 9.17) is 5.73 Å². The zero-order valence-corrected chi connectivity index (χ0v) is 12.8. The number of rotatable bonds is 6. The number of carbonyl (C=O) groups excluding carboxylic acids is 1. The summed E-state index contributed by atoms with van der Waals surface area (Å²) in [5, 5.41) is 6.03. The summed E-state index contributed by atoms with van der Waals surface area (Å²) in [4.78, 5) is 24.3. The van der Waals surface area contributed by atoms with Crippen LogP contribution in [0.3, 0.4) is 0 Å². The van der Waals surface area contributed by atoms with Crippen LogP contribution in [0.4, 0.5) is 5.82 Å². The summed E-state index contributed by atoms with van der Waals surface area (Å²) >= 11 is 0. The number of nitrogens with two attached hydrogens (primary N) is 1. The quantitative estimate of drug-likeness (QED) is 0.685. The molecule has 2 aromatic rings. The molecule has 0 spiro atoms. The van der Waals surface area contributed by atoms with E-state index in [0.29, 0.717) is 30.6 Å². The van der Waals surface area contributed by atoms with Crippen molar-refractivity contribution < 1.29 is 4.79 Å². The minimum absolute atomic E-state index is 0.133. The Bertz CT molecular complexity index is 657. The number of aromatic nitrogens is 3. The lowest BCUT2D eigenvalue weighted by Gasteiger charge is -2.31. The number of nitrogens with zero attached hydrogens (tertiary/aromatic N) is 3. The van der Waals surface area contributed by atoms with Gasteiger partial charge in [0.2, 0.25) is 0 Å². The van der Waals surface area contributed by atoms with E-state index in [1.807, 2.05) is 6.07 Å². The molecule has 2 heterocycles. The molecule has 0 unspecified atom stereocenters. The Morgan fingerprint density at radius 1 is 1.30 bits per heavy atom. The summed E-state index contributed by atoms with van der Waals surface area (Å²) < 4.78 is 0. The normalized spacial score (nSPS) is 19.7. The Hall–Kier alpha value is -2.54. The van der Waals surface area contributed by atoms with Crippen molar-refractivity contribution in [2.75, 3.05) is 18.4 Å². The number of hydrogen-bond acceptors (Lipinski definition) is 6. The van der Waals surface area contributed by atoms with Crippen molar-refractivity contribution in [3.05, 3.63) is 48.2 Å². The Morgan fingerprint density at radius 3 is 2.91 bits per heavy atom. The smallest absolute Gasteiger partial charge is 0.252 e. The molecule has 1 saturated carbocycles. The van der Waals surface area contributed by atoms with Gasteiger partial charge in [-0.15, -0.1) is 0 Å². The lowest BCUT2D eigenvalue weighted by atomic mass is 9.79. The molecule has 23 heavy (non-hydrogen) atoms. The highest BCUT2D eigenvalue weighted by Crippen LogP contribution is 2.34. The minimum Gasteiger partial charge on any atom is -0.368 e. The Labute approximate surface area is 134 Å². The molecule has 4 N–H and O–H groups in total. The average Bonchev–Trinajstić information content (AvgIpc) is 2.57. The molecule has 1 aliphatic carbocycles. The third-order valence-corrected chi connectivity index (χ3v) is 3.92. The molecule has 0 saturated heterocycles. The molecule has 0 atom stereocenters. The predicted octanol–water partition coefficient (Wildman–Crippen LogP) is 0.918. The first-order chi connectivity index (χ1) is 11.2. The van der Waals surface area contributed by atoms with E-state index < -0.39 is 0 Å². The van der Waals surface area contributed by atoms with Crippen LogP contribution < -0.4 is 16.4 Å². The molecule has 7 heteroatoms. The number of nitrogens with one attached hydrogen (secondary N) is 2. The Balaban J connectivity index is 1.44. The molecule has 1 fully saturated rings. The number of hydrogen-bond donors (Lipinski definition) is 3. The fourth-order valence-corrected chi connectivity index (χ4v) is 2.56. The maximum atomic E-state index is 11.9. The molecule has 1 aliphatic rings. The van der Waals surface area contributed by atoms with Crippen LogP contribution in [0.15, 0.2) is 36.9 Å². The van der Waals surface area contributed by atoms with E-state index >= 15 is 0 Å². The van der Waals surface area contributed by atoms with Crippen molar-refractivity contribution in [1.82, 2.24) is 20.3 Å². The summed E-state index contributed by atoms with van der Waals surface area (Å²) in [5.41, 5.74) is 7.40. The van der Waals surface area contributed by atoms with Gasteiger partial charge >= 0.3 is 0 Å². The van der Waals surface area contributed by atoms with E-state index in [-0.39, 0.29) is 5.91 Å². The molecule has 1 amide bonds. The largest absolute Gasteiger partial charge is 0.368 e. The molecule has 2 aromatic heterocycles. The van der Waals surface area contributed by atoms with Crippen LogP contribution in [0, 0.1) is 0 Å². The maximum Gasteiger partial charge on any atom is 0.252 e. The van der Waals surface area contributed by atoms with Crippen molar-refractivity contribution in [3.63, 3.8) is 0 Å². The fraction of sp³-hybridized carbons (Fsp3) is 0.375. The van der Waals surface area contributed by atoms with E-state index in [2.05, 4.69) is 25.6 Å². The fourth-order valence-electron chi connectivity index (χ4n) is 2.56. The molecule has 0 bridgehead atoms. The Morgan fingerprint density at radius 2 is 2.17 bits per heavy atom. The standard InChI is InChI=1S/C16H20N6O/c17-13-6-12(7-13)14-8-15(22-10-21-14)19-4-5-20-16(23)11-2-1-3-18-9-11/h1-3,8-10,12-13H,4-7,17H2,(H,20,23)(H,19,21,22). The molecule has 3 rings (SSSR count). The molecule has 0 aromatic carbocycles. The summed E-state index contributed by atoms with van der Waals surface area (Å²) in [6.07, 6.45) is 6.72. The first kappa shape index (κ1) is 15.4. The van der Waals surface area contributed by atoms with Crippen LogP contribution in [0.5, 0.6) is 0 Å². The zero-order valence-electron chi connectivity index (χ0n) is 12.8. The van der Waals surface area contributed by atoms with E-state index in [9.17, 15) is 4.79 Å². The molecule has 0 radical (unpaired) electrons. The van der Waals surface area contributed by atoms with Crippen molar-refractivity contribution in [2.24, 2.45) is 5.73 Å². The van der Waals surface area contributed by atoms with Crippen LogP contribution in [-0.2, 0) is 0 Å². The number of anilines is 1. The third-order valence-electron chi connectivity index (χ3n) is 3.92. The summed E-state index contributed by atoms with van der Waals surface area (Å²) in [7, 11) is 0. The number of pyridine rings is 1. The zero-order chi connectivity index (χ0) is 16.1. The van der Waals surface area contributed by atoms with E-state index in [1.54, 1.807) is 30.9 Å². The summed E-state index contributed by atoms with van der Waals surface area (Å²) in [6.45, 7) is 1.09. The highest BCUT2D eigenvalue weighted by atomic mass is 16.1. The van der Waals surface area contributed by atoms with Gasteiger partial charge < -0.3 is 16.4 Å².